The Labute approximate surface area is 158 Å². The fourth-order valence-corrected chi connectivity index (χ4v) is 2.94. The van der Waals surface area contributed by atoms with Gasteiger partial charge in [0.1, 0.15) is 18.1 Å². The lowest BCUT2D eigenvalue weighted by atomic mass is 10.2. The zero-order chi connectivity index (χ0) is 18.5. The molecule has 2 aromatic heterocycles. The molecule has 0 bridgehead atoms. The molecule has 0 amide bonds. The minimum Gasteiger partial charge on any atom is -0.485 e. The number of rotatable bonds is 6. The van der Waals surface area contributed by atoms with Crippen molar-refractivity contribution in [2.75, 3.05) is 0 Å². The number of oxime groups is 1. The maximum atomic E-state index is 12.0. The molecule has 0 aliphatic heterocycles. The largest absolute Gasteiger partial charge is 0.485 e. The van der Waals surface area contributed by atoms with E-state index in [0.717, 1.165) is 5.56 Å². The number of hydrogen-bond donors (Lipinski definition) is 1. The number of furan rings is 1. The first-order valence-electron chi connectivity index (χ1n) is 7.59. The van der Waals surface area contributed by atoms with Gasteiger partial charge in [0.25, 0.3) is 0 Å². The first-order valence-corrected chi connectivity index (χ1v) is 8.85. The first kappa shape index (κ1) is 18.0. The molecule has 26 heavy (non-hydrogen) atoms. The quantitative estimate of drug-likeness (QED) is 0.292. The third kappa shape index (κ3) is 4.44. The second-order valence-electron chi connectivity index (χ2n) is 5.30. The van der Waals surface area contributed by atoms with Gasteiger partial charge in [0.2, 0.25) is 5.76 Å². The van der Waals surface area contributed by atoms with Crippen LogP contribution in [0.15, 0.2) is 57.4 Å². The van der Waals surface area contributed by atoms with Crippen molar-refractivity contribution in [2.24, 2.45) is 10.9 Å². The highest BCUT2D eigenvalue weighted by molar-refractivity contribution is 7.12. The Morgan fingerprint density at radius 1 is 1.31 bits per heavy atom. The van der Waals surface area contributed by atoms with E-state index in [9.17, 15) is 4.79 Å². The summed E-state index contributed by atoms with van der Waals surface area (Å²) in [5.74, 6) is 0.559. The minimum absolute atomic E-state index is 0.0131. The molecule has 2 heterocycles. The molecular weight excluding hydrogens is 376 g/mol. The highest BCUT2D eigenvalue weighted by Crippen LogP contribution is 2.23. The van der Waals surface area contributed by atoms with Gasteiger partial charge in [-0.25, -0.2) is 4.79 Å². The predicted octanol–water partition coefficient (Wildman–Crippen LogP) is 4.36. The van der Waals surface area contributed by atoms with E-state index < -0.39 is 5.97 Å². The summed E-state index contributed by atoms with van der Waals surface area (Å²) in [5.41, 5.74) is 6.64. The Kier molecular flexibility index (Phi) is 5.60. The Hall–Kier alpha value is -2.77. The molecule has 0 spiro atoms. The lowest BCUT2D eigenvalue weighted by Gasteiger charge is -2.07. The average Bonchev–Trinajstić information content (AvgIpc) is 3.30. The normalized spacial score (nSPS) is 11.4. The van der Waals surface area contributed by atoms with Crippen molar-refractivity contribution in [1.29, 1.82) is 0 Å². The lowest BCUT2D eigenvalue weighted by molar-refractivity contribution is 0.0475. The number of benzene rings is 1. The van der Waals surface area contributed by atoms with Gasteiger partial charge in [0.15, 0.2) is 5.84 Å². The average molecular weight is 391 g/mol. The molecule has 0 saturated carbocycles. The van der Waals surface area contributed by atoms with Crippen molar-refractivity contribution in [1.82, 2.24) is 0 Å². The van der Waals surface area contributed by atoms with Gasteiger partial charge in [0, 0.05) is 5.02 Å². The summed E-state index contributed by atoms with van der Waals surface area (Å²) < 4.78 is 11.1. The number of nitrogens with two attached hydrogens (primary N) is 1. The van der Waals surface area contributed by atoms with E-state index in [-0.39, 0.29) is 18.2 Å². The zero-order valence-electron chi connectivity index (χ0n) is 13.8. The molecule has 2 N–H and O–H groups in total. The number of halogens is 1. The van der Waals surface area contributed by atoms with Crippen LogP contribution in [0.3, 0.4) is 0 Å². The van der Waals surface area contributed by atoms with Crippen LogP contribution in [-0.4, -0.2) is 11.8 Å². The van der Waals surface area contributed by atoms with Crippen molar-refractivity contribution in [3.05, 3.63) is 74.8 Å². The third-order valence-corrected chi connectivity index (χ3v) is 4.50. The van der Waals surface area contributed by atoms with Crippen LogP contribution in [-0.2, 0) is 11.4 Å². The Morgan fingerprint density at radius 2 is 2.15 bits per heavy atom. The van der Waals surface area contributed by atoms with Gasteiger partial charge in [-0.2, -0.15) is 0 Å². The summed E-state index contributed by atoms with van der Waals surface area (Å²) in [4.78, 5) is 17.5. The molecule has 0 saturated heterocycles. The number of nitrogens with zero attached hydrogens (tertiary/aromatic N) is 1. The van der Waals surface area contributed by atoms with E-state index in [1.54, 1.807) is 30.3 Å². The van der Waals surface area contributed by atoms with Crippen LogP contribution >= 0.6 is 22.9 Å². The predicted molar refractivity (Wildman–Crippen MR) is 99.7 cm³/mol. The maximum absolute atomic E-state index is 12.0. The van der Waals surface area contributed by atoms with E-state index in [4.69, 9.17) is 31.3 Å². The number of hydrogen-bond acceptors (Lipinski definition) is 6. The van der Waals surface area contributed by atoms with E-state index in [1.165, 1.54) is 17.4 Å². The van der Waals surface area contributed by atoms with Crippen molar-refractivity contribution < 1.29 is 18.8 Å². The Morgan fingerprint density at radius 3 is 2.88 bits per heavy atom. The fraction of sp³-hybridized carbons (Fsp3) is 0.111. The number of carbonyl (C=O) groups excluding carboxylic acids is 1. The molecule has 0 atom stereocenters. The Bertz CT molecular complexity index is 935. The second kappa shape index (κ2) is 8.07. The number of thiophene rings is 1. The van der Waals surface area contributed by atoms with Gasteiger partial charge < -0.3 is 19.7 Å². The zero-order valence-corrected chi connectivity index (χ0v) is 15.3. The molecule has 6 nitrogen and oxygen atoms in total. The lowest BCUT2D eigenvalue weighted by Crippen LogP contribution is -2.13. The van der Waals surface area contributed by atoms with Gasteiger partial charge in [0.05, 0.1) is 4.88 Å². The van der Waals surface area contributed by atoms with Crippen LogP contribution in [0, 0.1) is 6.92 Å². The molecule has 3 rings (SSSR count). The molecule has 134 valence electrons. The van der Waals surface area contributed by atoms with Crippen molar-refractivity contribution in [3.8, 4) is 5.75 Å². The second-order valence-corrected chi connectivity index (χ2v) is 6.68. The maximum Gasteiger partial charge on any atom is 0.400 e. The molecule has 8 heteroatoms. The molecule has 0 aliphatic carbocycles. The smallest absolute Gasteiger partial charge is 0.400 e. The summed E-state index contributed by atoms with van der Waals surface area (Å²) >= 11 is 7.31. The van der Waals surface area contributed by atoms with Crippen LogP contribution in [0.5, 0.6) is 5.75 Å². The van der Waals surface area contributed by atoms with Gasteiger partial charge in [-0.05, 0) is 54.3 Å². The highest BCUT2D eigenvalue weighted by atomic mass is 35.5. The van der Waals surface area contributed by atoms with Crippen LogP contribution in [0.4, 0.5) is 0 Å². The van der Waals surface area contributed by atoms with E-state index >= 15 is 0 Å². The molecule has 3 aromatic rings. The van der Waals surface area contributed by atoms with Crippen LogP contribution in [0.2, 0.25) is 5.02 Å². The summed E-state index contributed by atoms with van der Waals surface area (Å²) in [6.07, 6.45) is 0. The fourth-order valence-electron chi connectivity index (χ4n) is 2.09. The molecule has 0 unspecified atom stereocenters. The number of carbonyl (C=O) groups is 1. The molecule has 0 fully saturated rings. The first-order chi connectivity index (χ1) is 12.5. The van der Waals surface area contributed by atoms with E-state index in [1.807, 2.05) is 18.4 Å². The monoisotopic (exact) mass is 390 g/mol. The molecular formula is C18H15ClN2O4S. The van der Waals surface area contributed by atoms with Gasteiger partial charge in [-0.3, -0.25) is 0 Å². The third-order valence-electron chi connectivity index (χ3n) is 3.37. The van der Waals surface area contributed by atoms with Gasteiger partial charge in [-0.1, -0.05) is 22.8 Å². The summed E-state index contributed by atoms with van der Waals surface area (Å²) in [6, 6.07) is 12.0. The van der Waals surface area contributed by atoms with Crippen LogP contribution in [0.25, 0.3) is 0 Å². The number of aryl methyl sites for hydroxylation is 1. The van der Waals surface area contributed by atoms with Gasteiger partial charge in [-0.15, -0.1) is 11.3 Å². The SMILES string of the molecule is Cc1cc(Cl)ccc1OCc1ccc(C(=O)O/N=C(\N)c2cccs2)o1. The standard InChI is InChI=1S/C18H15ClN2O4S/c1-11-9-12(19)4-6-14(11)23-10-13-5-7-15(24-13)18(22)25-21-17(20)16-3-2-8-26-16/h2-9H,10H2,1H3,(H2,20,21). The van der Waals surface area contributed by atoms with Gasteiger partial charge >= 0.3 is 5.97 Å². The minimum atomic E-state index is -0.738. The number of ether oxygens (including phenoxy) is 1. The van der Waals surface area contributed by atoms with Crippen molar-refractivity contribution in [3.63, 3.8) is 0 Å². The highest BCUT2D eigenvalue weighted by Gasteiger charge is 2.14. The summed E-state index contributed by atoms with van der Waals surface area (Å²) in [5, 5.41) is 6.10. The van der Waals surface area contributed by atoms with Crippen LogP contribution < -0.4 is 10.5 Å². The van der Waals surface area contributed by atoms with E-state index in [0.29, 0.717) is 21.4 Å². The van der Waals surface area contributed by atoms with Crippen molar-refractivity contribution >= 4 is 34.7 Å². The Balaban J connectivity index is 1.58. The summed E-state index contributed by atoms with van der Waals surface area (Å²) in [7, 11) is 0. The molecule has 1 aromatic carbocycles. The molecule has 0 radical (unpaired) electrons. The van der Waals surface area contributed by atoms with E-state index in [2.05, 4.69) is 5.16 Å². The van der Waals surface area contributed by atoms with Crippen LogP contribution in [0.1, 0.15) is 26.8 Å². The summed E-state index contributed by atoms with van der Waals surface area (Å²) in [6.45, 7) is 2.05. The topological polar surface area (TPSA) is 87.0 Å². The number of amidine groups is 1. The van der Waals surface area contributed by atoms with Crippen molar-refractivity contribution in [2.45, 2.75) is 13.5 Å². The molecule has 0 aliphatic rings.